The van der Waals surface area contributed by atoms with Crippen LogP contribution in [-0.2, 0) is 0 Å². The van der Waals surface area contributed by atoms with Crippen LogP contribution in [-0.4, -0.2) is 6.21 Å². The number of benzene rings is 3. The van der Waals surface area contributed by atoms with Gasteiger partial charge in [-0.05, 0) is 22.8 Å². The second-order valence-electron chi connectivity index (χ2n) is 5.29. The highest BCUT2D eigenvalue weighted by atomic mass is 14.8. The largest absolute Gasteiger partial charge is 0.280 e. The highest BCUT2D eigenvalue weighted by Gasteiger charge is 2.10. The molecular weight excluding hydrogens is 278 g/mol. The zero-order chi connectivity index (χ0) is 15.7. The molecule has 1 heteroatoms. The average molecular weight is 297 g/mol. The van der Waals surface area contributed by atoms with Gasteiger partial charge in [0.15, 0.2) is 0 Å². The summed E-state index contributed by atoms with van der Waals surface area (Å²) < 4.78 is 0. The van der Waals surface area contributed by atoms with E-state index in [2.05, 4.69) is 66.7 Å². The number of aliphatic imine (C=N–C) groups is 1. The van der Waals surface area contributed by atoms with Gasteiger partial charge in [-0.1, -0.05) is 97.1 Å². The third-order valence-corrected chi connectivity index (χ3v) is 3.64. The van der Waals surface area contributed by atoms with Crippen LogP contribution in [0, 0.1) is 0 Å². The summed E-state index contributed by atoms with van der Waals surface area (Å²) in [6.07, 6.45) is 5.95. The van der Waals surface area contributed by atoms with Crippen LogP contribution in [0.2, 0.25) is 0 Å². The molecule has 3 aromatic carbocycles. The zero-order valence-electron chi connectivity index (χ0n) is 12.9. The standard InChI is InChI=1S/C22H19N/c1-4-11-19(12-5-1)13-10-18-23-22(20-14-6-2-7-15-20)21-16-8-3-9-17-21/h1-18,22H/b13-10+,23-18+. The van der Waals surface area contributed by atoms with Gasteiger partial charge >= 0.3 is 0 Å². The molecule has 0 aliphatic rings. The average Bonchev–Trinajstić information content (AvgIpc) is 2.64. The number of hydrogen-bond acceptors (Lipinski definition) is 1. The number of hydrogen-bond donors (Lipinski definition) is 0. The Morgan fingerprint density at radius 1 is 0.609 bits per heavy atom. The number of nitrogens with zero attached hydrogens (tertiary/aromatic N) is 1. The van der Waals surface area contributed by atoms with Gasteiger partial charge in [-0.3, -0.25) is 4.99 Å². The van der Waals surface area contributed by atoms with E-state index in [4.69, 9.17) is 4.99 Å². The quantitative estimate of drug-likeness (QED) is 0.547. The Hall–Kier alpha value is -2.93. The molecule has 112 valence electrons. The van der Waals surface area contributed by atoms with Crippen molar-refractivity contribution in [3.63, 3.8) is 0 Å². The summed E-state index contributed by atoms with van der Waals surface area (Å²) in [5.74, 6) is 0. The van der Waals surface area contributed by atoms with Crippen molar-refractivity contribution in [1.29, 1.82) is 0 Å². The first-order valence-electron chi connectivity index (χ1n) is 7.78. The highest BCUT2D eigenvalue weighted by molar-refractivity contribution is 5.78. The molecular formula is C22H19N. The van der Waals surface area contributed by atoms with Crippen molar-refractivity contribution in [2.45, 2.75) is 6.04 Å². The first-order chi connectivity index (χ1) is 11.4. The molecule has 0 aromatic heterocycles. The molecule has 0 N–H and O–H groups in total. The van der Waals surface area contributed by atoms with Crippen LogP contribution in [0.5, 0.6) is 0 Å². The van der Waals surface area contributed by atoms with Crippen molar-refractivity contribution in [2.75, 3.05) is 0 Å². The van der Waals surface area contributed by atoms with Gasteiger partial charge in [0.2, 0.25) is 0 Å². The van der Waals surface area contributed by atoms with Crippen molar-refractivity contribution in [3.05, 3.63) is 114 Å². The molecule has 3 rings (SSSR count). The van der Waals surface area contributed by atoms with Crippen molar-refractivity contribution < 1.29 is 0 Å². The van der Waals surface area contributed by atoms with Crippen LogP contribution >= 0.6 is 0 Å². The zero-order valence-corrected chi connectivity index (χ0v) is 12.9. The first-order valence-corrected chi connectivity index (χ1v) is 7.78. The van der Waals surface area contributed by atoms with E-state index in [9.17, 15) is 0 Å². The van der Waals surface area contributed by atoms with E-state index in [0.29, 0.717) is 0 Å². The van der Waals surface area contributed by atoms with E-state index in [1.165, 1.54) is 16.7 Å². The van der Waals surface area contributed by atoms with E-state index in [0.717, 1.165) is 0 Å². The lowest BCUT2D eigenvalue weighted by atomic mass is 9.99. The lowest BCUT2D eigenvalue weighted by Crippen LogP contribution is -1.97. The van der Waals surface area contributed by atoms with Gasteiger partial charge in [0.1, 0.15) is 0 Å². The van der Waals surface area contributed by atoms with Crippen molar-refractivity contribution in [1.82, 2.24) is 0 Å². The van der Waals surface area contributed by atoms with E-state index < -0.39 is 0 Å². The maximum absolute atomic E-state index is 4.77. The first kappa shape index (κ1) is 15.0. The summed E-state index contributed by atoms with van der Waals surface area (Å²) >= 11 is 0. The van der Waals surface area contributed by atoms with E-state index in [-0.39, 0.29) is 6.04 Å². The van der Waals surface area contributed by atoms with Crippen molar-refractivity contribution in [2.24, 2.45) is 4.99 Å². The second-order valence-corrected chi connectivity index (χ2v) is 5.29. The van der Waals surface area contributed by atoms with Gasteiger partial charge in [0.05, 0.1) is 6.04 Å². The Balaban J connectivity index is 1.82. The van der Waals surface area contributed by atoms with Gasteiger partial charge in [-0.2, -0.15) is 0 Å². The Morgan fingerprint density at radius 3 is 1.61 bits per heavy atom. The minimum atomic E-state index is 0.0258. The van der Waals surface area contributed by atoms with E-state index in [1.54, 1.807) is 0 Å². The Labute approximate surface area is 137 Å². The third-order valence-electron chi connectivity index (χ3n) is 3.64. The summed E-state index contributed by atoms with van der Waals surface area (Å²) in [5, 5.41) is 0. The summed E-state index contributed by atoms with van der Waals surface area (Å²) in [7, 11) is 0. The number of allylic oxidation sites excluding steroid dienone is 1. The molecule has 0 aliphatic heterocycles. The molecule has 0 aliphatic carbocycles. The summed E-state index contributed by atoms with van der Waals surface area (Å²) in [6.45, 7) is 0. The molecule has 0 unspecified atom stereocenters. The molecule has 0 spiro atoms. The molecule has 0 bridgehead atoms. The Kier molecular flexibility index (Phi) is 5.15. The van der Waals surface area contributed by atoms with Gasteiger partial charge in [0.25, 0.3) is 0 Å². The molecule has 0 saturated carbocycles. The van der Waals surface area contributed by atoms with Crippen LogP contribution < -0.4 is 0 Å². The predicted molar refractivity (Wildman–Crippen MR) is 98.7 cm³/mol. The third kappa shape index (κ3) is 4.27. The van der Waals surface area contributed by atoms with E-state index >= 15 is 0 Å². The Bertz CT molecular complexity index is 719. The lowest BCUT2D eigenvalue weighted by molar-refractivity contribution is 0.879. The molecule has 3 aromatic rings. The molecule has 0 heterocycles. The van der Waals surface area contributed by atoms with Gasteiger partial charge in [-0.15, -0.1) is 0 Å². The molecule has 0 atom stereocenters. The van der Waals surface area contributed by atoms with Crippen LogP contribution in [0.4, 0.5) is 0 Å². The van der Waals surface area contributed by atoms with Crippen molar-refractivity contribution >= 4 is 12.3 Å². The van der Waals surface area contributed by atoms with Crippen LogP contribution in [0.3, 0.4) is 0 Å². The van der Waals surface area contributed by atoms with Crippen LogP contribution in [0.25, 0.3) is 6.08 Å². The summed E-state index contributed by atoms with van der Waals surface area (Å²) in [5.41, 5.74) is 3.57. The molecule has 23 heavy (non-hydrogen) atoms. The maximum Gasteiger partial charge on any atom is 0.0999 e. The highest BCUT2D eigenvalue weighted by Crippen LogP contribution is 2.25. The SMILES string of the molecule is C(=C\c1ccccc1)/C=N/C(c1ccccc1)c1ccccc1. The topological polar surface area (TPSA) is 12.4 Å². The van der Waals surface area contributed by atoms with E-state index in [1.807, 2.05) is 42.6 Å². The number of rotatable bonds is 5. The smallest absolute Gasteiger partial charge is 0.0999 e. The second kappa shape index (κ2) is 7.90. The van der Waals surface area contributed by atoms with Gasteiger partial charge in [0, 0.05) is 6.21 Å². The fraction of sp³-hybridized carbons (Fsp3) is 0.0455. The molecule has 0 amide bonds. The Morgan fingerprint density at radius 2 is 1.09 bits per heavy atom. The fourth-order valence-corrected chi connectivity index (χ4v) is 2.49. The maximum atomic E-state index is 4.77. The molecule has 0 saturated heterocycles. The minimum Gasteiger partial charge on any atom is -0.280 e. The fourth-order valence-electron chi connectivity index (χ4n) is 2.49. The van der Waals surface area contributed by atoms with Gasteiger partial charge in [-0.25, -0.2) is 0 Å². The van der Waals surface area contributed by atoms with Crippen LogP contribution in [0.1, 0.15) is 22.7 Å². The van der Waals surface area contributed by atoms with Crippen LogP contribution in [0.15, 0.2) is 102 Å². The normalized spacial score (nSPS) is 11.5. The van der Waals surface area contributed by atoms with Crippen molar-refractivity contribution in [3.8, 4) is 0 Å². The molecule has 1 nitrogen and oxygen atoms in total. The minimum absolute atomic E-state index is 0.0258. The predicted octanol–water partition coefficient (Wildman–Crippen LogP) is 5.56. The monoisotopic (exact) mass is 297 g/mol. The van der Waals surface area contributed by atoms with Gasteiger partial charge < -0.3 is 0 Å². The lowest BCUT2D eigenvalue weighted by Gasteiger charge is -2.12. The molecule has 0 radical (unpaired) electrons. The summed E-state index contributed by atoms with van der Waals surface area (Å²) in [4.78, 5) is 4.77. The summed E-state index contributed by atoms with van der Waals surface area (Å²) in [6, 6.07) is 31.0. The molecule has 0 fully saturated rings.